The fraction of sp³-hybridized carbons (Fsp3) is 0.0179. The summed E-state index contributed by atoms with van der Waals surface area (Å²) in [5.74, 6) is 0. The Balaban J connectivity index is 1.16. The van der Waals surface area contributed by atoms with E-state index in [0.29, 0.717) is 0 Å². The number of thiophene rings is 1. The van der Waals surface area contributed by atoms with Crippen LogP contribution in [0.5, 0.6) is 0 Å². The van der Waals surface area contributed by atoms with Gasteiger partial charge in [0.05, 0.1) is 33.4 Å². The van der Waals surface area contributed by atoms with E-state index in [2.05, 4.69) is 188 Å². The number of hydrogen-bond donors (Lipinski definition) is 0. The number of aromatic nitrogens is 3. The maximum Gasteiger partial charge on any atom is 0.0972 e. The lowest BCUT2D eigenvalue weighted by molar-refractivity contribution is 0.769. The number of rotatable bonds is 4. The quantitative estimate of drug-likeness (QED) is 0.167. The summed E-state index contributed by atoms with van der Waals surface area (Å²) < 4.78 is 2.48. The molecule has 0 atom stereocenters. The minimum absolute atomic E-state index is 0.523. The van der Waals surface area contributed by atoms with Crippen molar-refractivity contribution in [2.45, 2.75) is 5.41 Å². The molecule has 0 fully saturated rings. The predicted octanol–water partition coefficient (Wildman–Crippen LogP) is 14.5. The molecule has 4 heteroatoms. The van der Waals surface area contributed by atoms with Gasteiger partial charge in [-0.2, -0.15) is 0 Å². The van der Waals surface area contributed by atoms with Crippen molar-refractivity contribution in [3.8, 4) is 33.6 Å². The normalized spacial score (nSPS) is 13.1. The van der Waals surface area contributed by atoms with Crippen molar-refractivity contribution in [1.82, 2.24) is 15.0 Å². The van der Waals surface area contributed by atoms with Crippen molar-refractivity contribution in [3.05, 3.63) is 223 Å². The third kappa shape index (κ3) is 4.62. The fourth-order valence-corrected chi connectivity index (χ4v) is 11.4. The molecular formula is C56H33N3S. The van der Waals surface area contributed by atoms with E-state index in [1.54, 1.807) is 0 Å². The van der Waals surface area contributed by atoms with Crippen molar-refractivity contribution in [1.29, 1.82) is 0 Å². The lowest BCUT2D eigenvalue weighted by Crippen LogP contribution is -2.28. The van der Waals surface area contributed by atoms with Gasteiger partial charge in [0, 0.05) is 64.4 Å². The van der Waals surface area contributed by atoms with Gasteiger partial charge in [-0.3, -0.25) is 4.98 Å². The van der Waals surface area contributed by atoms with Gasteiger partial charge in [-0.25, -0.2) is 9.97 Å². The molecule has 1 aliphatic rings. The zero-order chi connectivity index (χ0) is 39.4. The number of hydrogen-bond acceptors (Lipinski definition) is 4. The van der Waals surface area contributed by atoms with Gasteiger partial charge in [-0.1, -0.05) is 158 Å². The summed E-state index contributed by atoms with van der Waals surface area (Å²) in [5.41, 5.74) is 13.9. The average Bonchev–Trinajstić information content (AvgIpc) is 3.85. The highest BCUT2D eigenvalue weighted by Gasteiger charge is 2.46. The Hall–Kier alpha value is -7.53. The predicted molar refractivity (Wildman–Crippen MR) is 251 cm³/mol. The van der Waals surface area contributed by atoms with Crippen LogP contribution in [0, 0.1) is 0 Å². The van der Waals surface area contributed by atoms with E-state index in [4.69, 9.17) is 15.0 Å². The van der Waals surface area contributed by atoms with Crippen LogP contribution in [0.25, 0.3) is 97.3 Å². The summed E-state index contributed by atoms with van der Waals surface area (Å²) in [7, 11) is 0. The molecule has 3 nitrogen and oxygen atoms in total. The lowest BCUT2D eigenvalue weighted by atomic mass is 9.67. The van der Waals surface area contributed by atoms with E-state index in [1.807, 2.05) is 23.6 Å². The van der Waals surface area contributed by atoms with E-state index in [9.17, 15) is 0 Å². The first-order valence-electron chi connectivity index (χ1n) is 20.4. The van der Waals surface area contributed by atoms with Crippen molar-refractivity contribution in [2.75, 3.05) is 0 Å². The number of nitrogens with zero attached hydrogens (tertiary/aromatic N) is 3. The molecule has 0 aliphatic heterocycles. The Labute approximate surface area is 349 Å². The summed E-state index contributed by atoms with van der Waals surface area (Å²) in [6.07, 6.45) is 1.86. The van der Waals surface area contributed by atoms with Crippen molar-refractivity contribution in [3.63, 3.8) is 0 Å². The SMILES string of the molecule is c1ccc(C2(c3ccccc3)c3ccccc3-c3ccc(-c4nc5ccccc5c5c4cc(-c4ccc6ccc7cccnc7c6n4)c4sc6ccccc6c45)cc32)cc1. The smallest absolute Gasteiger partial charge is 0.0972 e. The zero-order valence-corrected chi connectivity index (χ0v) is 33.1. The molecule has 0 unspecified atom stereocenters. The third-order valence-electron chi connectivity index (χ3n) is 12.7. The molecule has 0 spiro atoms. The van der Waals surface area contributed by atoms with E-state index in [0.717, 1.165) is 60.6 Å². The highest BCUT2D eigenvalue weighted by atomic mass is 32.1. The van der Waals surface area contributed by atoms with E-state index in [1.165, 1.54) is 58.9 Å². The third-order valence-corrected chi connectivity index (χ3v) is 14.0. The number of benzene rings is 8. The first-order chi connectivity index (χ1) is 29.8. The summed E-state index contributed by atoms with van der Waals surface area (Å²) in [4.78, 5) is 15.9. The van der Waals surface area contributed by atoms with Crippen molar-refractivity contribution < 1.29 is 0 Å². The molecule has 60 heavy (non-hydrogen) atoms. The summed E-state index contributed by atoms with van der Waals surface area (Å²) in [6, 6.07) is 70.7. The van der Waals surface area contributed by atoms with Crippen LogP contribution in [0.4, 0.5) is 0 Å². The molecule has 0 N–H and O–H groups in total. The highest BCUT2D eigenvalue weighted by molar-refractivity contribution is 7.26. The Kier molecular flexibility index (Phi) is 7.10. The lowest BCUT2D eigenvalue weighted by Gasteiger charge is -2.34. The fourth-order valence-electron chi connectivity index (χ4n) is 10.2. The second-order valence-electron chi connectivity index (χ2n) is 15.8. The summed E-state index contributed by atoms with van der Waals surface area (Å²) >= 11 is 1.85. The van der Waals surface area contributed by atoms with Gasteiger partial charge < -0.3 is 0 Å². The highest BCUT2D eigenvalue weighted by Crippen LogP contribution is 2.57. The average molecular weight is 780 g/mol. The minimum atomic E-state index is -0.523. The molecule has 0 radical (unpaired) electrons. The number of para-hydroxylation sites is 1. The van der Waals surface area contributed by atoms with Crippen LogP contribution >= 0.6 is 11.3 Å². The molecule has 8 aromatic carbocycles. The molecule has 278 valence electrons. The van der Waals surface area contributed by atoms with Crippen LogP contribution < -0.4 is 0 Å². The molecule has 4 heterocycles. The monoisotopic (exact) mass is 779 g/mol. The van der Waals surface area contributed by atoms with Crippen molar-refractivity contribution >= 4 is 75.0 Å². The first kappa shape index (κ1) is 33.4. The molecule has 0 amide bonds. The molecular weight excluding hydrogens is 747 g/mol. The molecule has 0 saturated carbocycles. The van der Waals surface area contributed by atoms with Gasteiger partial charge in [0.15, 0.2) is 0 Å². The van der Waals surface area contributed by atoms with Crippen molar-refractivity contribution in [2.24, 2.45) is 0 Å². The minimum Gasteiger partial charge on any atom is -0.254 e. The van der Waals surface area contributed by atoms with Crippen LogP contribution in [0.2, 0.25) is 0 Å². The van der Waals surface area contributed by atoms with Crippen LogP contribution in [0.15, 0.2) is 200 Å². The van der Waals surface area contributed by atoms with E-state index < -0.39 is 5.41 Å². The Morgan fingerprint density at radius 2 is 1.12 bits per heavy atom. The maximum absolute atomic E-state index is 5.61. The summed E-state index contributed by atoms with van der Waals surface area (Å²) in [5, 5.41) is 8.13. The summed E-state index contributed by atoms with van der Waals surface area (Å²) in [6.45, 7) is 0. The van der Waals surface area contributed by atoms with Crippen LogP contribution in [0.1, 0.15) is 22.3 Å². The first-order valence-corrected chi connectivity index (χ1v) is 21.2. The Bertz CT molecular complexity index is 3680. The van der Waals surface area contributed by atoms with Gasteiger partial charge in [0.1, 0.15) is 0 Å². The number of fused-ring (bicyclic) bond motifs is 13. The topological polar surface area (TPSA) is 38.7 Å². The van der Waals surface area contributed by atoms with E-state index >= 15 is 0 Å². The molecule has 4 aromatic heterocycles. The molecule has 1 aliphatic carbocycles. The van der Waals surface area contributed by atoms with Gasteiger partial charge in [-0.15, -0.1) is 11.3 Å². The van der Waals surface area contributed by atoms with Gasteiger partial charge in [0.25, 0.3) is 0 Å². The Morgan fingerprint density at radius 3 is 1.95 bits per heavy atom. The van der Waals surface area contributed by atoms with Crippen LogP contribution in [-0.2, 0) is 5.41 Å². The largest absolute Gasteiger partial charge is 0.254 e. The maximum atomic E-state index is 5.61. The second-order valence-corrected chi connectivity index (χ2v) is 16.9. The Morgan fingerprint density at radius 1 is 0.433 bits per heavy atom. The standard InChI is InChI=1S/C56H33N3S/c1-3-15-37(16-4-1)56(38-17-5-2-6-18-38)45-22-10-7-19-39(45)40-29-27-36(32-46(40)56)52-44-33-43(48-30-28-35-26-25-34-14-13-31-57-53(34)54(35)59-48)55-51(42-21-9-12-24-49(42)60-55)50(44)41-20-8-11-23-47(41)58-52/h1-33H. The molecule has 12 aromatic rings. The van der Waals surface area contributed by atoms with Crippen LogP contribution in [0.3, 0.4) is 0 Å². The van der Waals surface area contributed by atoms with Gasteiger partial charge >= 0.3 is 0 Å². The number of pyridine rings is 3. The second kappa shape index (κ2) is 12.7. The molecule has 0 bridgehead atoms. The van der Waals surface area contributed by atoms with Gasteiger partial charge in [-0.05, 0) is 69.8 Å². The zero-order valence-electron chi connectivity index (χ0n) is 32.3. The van der Waals surface area contributed by atoms with E-state index in [-0.39, 0.29) is 0 Å². The molecule has 13 rings (SSSR count). The van der Waals surface area contributed by atoms with Crippen LogP contribution in [-0.4, -0.2) is 15.0 Å². The van der Waals surface area contributed by atoms with Gasteiger partial charge in [0.2, 0.25) is 0 Å². The molecule has 0 saturated heterocycles.